The fraction of sp³-hybridized carbons (Fsp3) is 0.426. The Bertz CT molecular complexity index is 3350. The number of phenolic OH excluding ortho intramolecular Hbond substituents is 1. The normalized spacial score (nSPS) is 14.4. The highest BCUT2D eigenvalue weighted by Crippen LogP contribution is 2.20. The molecule has 30 nitrogen and oxygen atoms in total. The van der Waals surface area contributed by atoms with E-state index in [1.54, 1.807) is 86.8 Å². The number of aromatic nitrogens is 3. The topological polar surface area (TPSA) is 488 Å². The van der Waals surface area contributed by atoms with Crippen LogP contribution in [0.1, 0.15) is 69.3 Å². The van der Waals surface area contributed by atoms with E-state index >= 15 is 0 Å². The first kappa shape index (κ1) is 72.9. The first-order valence-electron chi connectivity index (χ1n) is 29.5. The molecule has 0 saturated carbocycles. The largest absolute Gasteiger partial charge is 0.508 e. The average Bonchev–Trinajstić information content (AvgIpc) is 4.21. The third kappa shape index (κ3) is 23.8. The van der Waals surface area contributed by atoms with Crippen molar-refractivity contribution in [1.29, 1.82) is 0 Å². The van der Waals surface area contributed by atoms with Gasteiger partial charge in [0, 0.05) is 48.3 Å². The van der Waals surface area contributed by atoms with Crippen molar-refractivity contribution in [2.45, 2.75) is 133 Å². The number of nitrogens with two attached hydrogens (primary N) is 3. The number of aromatic amines is 2. The predicted molar refractivity (Wildman–Crippen MR) is 339 cm³/mol. The molecular formula is C61H82N16O14S. The first-order chi connectivity index (χ1) is 43.7. The lowest BCUT2D eigenvalue weighted by Gasteiger charge is -2.27. The van der Waals surface area contributed by atoms with Gasteiger partial charge < -0.3 is 90.5 Å². The first-order valence-corrected chi connectivity index (χ1v) is 30.9. The fourth-order valence-corrected chi connectivity index (χ4v) is 9.92. The molecule has 2 aromatic heterocycles. The van der Waals surface area contributed by atoms with Crippen LogP contribution < -0.4 is 70.4 Å². The maximum Gasteiger partial charge on any atom is 0.245 e. The summed E-state index contributed by atoms with van der Waals surface area (Å²) in [6, 6.07) is 9.22. The second kappa shape index (κ2) is 36.1. The number of hydrogen-bond donors (Lipinski definition) is 17. The quantitative estimate of drug-likeness (QED) is 0.0187. The van der Waals surface area contributed by atoms with Gasteiger partial charge in [0.2, 0.25) is 70.9 Å². The Morgan fingerprint density at radius 1 is 0.565 bits per heavy atom. The van der Waals surface area contributed by atoms with E-state index in [-0.39, 0.29) is 50.2 Å². The third-order valence-corrected chi connectivity index (χ3v) is 15.0. The second-order valence-electron chi connectivity index (χ2n) is 22.4. The lowest BCUT2D eigenvalue weighted by molar-refractivity contribution is -0.136. The standard InChI is InChI=1S/C61H82N16O14S/c1-32(2)21-44(74-60(90)48(26-49(63)80)72-50(81)29-67-55(85)41(62)22-36-15-17-39(79)18-16-36)57(87)76-46(24-37-27-66-42-14-10-9-13-40(37)42)56(86)70-33(3)54(84)77-52(34(4)78)61(91)68-30-51(82)71-47(25-38-28-65-31-69-38)59(89)75-45(23-35-11-7-6-8-12-35)58(88)73-43(53(64)83)19-20-92-5/h6-18,27-28,31-34,41,43-48,52,66,78-79H,19-26,29-30,62H2,1-5H3,(H2,63,80)(H2,64,83)(H,65,69)(H,67,85)(H,68,91)(H,70,86)(H,71,82)(H,72,81)(H,73,88)(H,74,90)(H,75,89)(H,76,87)(H,77,84)/t33-,34+,41+,43-,44-,45-,46-,47-,48-,52-/m0/s1. The van der Waals surface area contributed by atoms with E-state index < -0.39 is 151 Å². The molecule has 12 amide bonds. The predicted octanol–water partition coefficient (Wildman–Crippen LogP) is -3.13. The van der Waals surface area contributed by atoms with Crippen LogP contribution in [0.3, 0.4) is 0 Å². The monoisotopic (exact) mass is 1290 g/mol. The van der Waals surface area contributed by atoms with Crippen molar-refractivity contribution in [3.05, 3.63) is 120 Å². The molecule has 10 atom stereocenters. The van der Waals surface area contributed by atoms with Gasteiger partial charge in [0.25, 0.3) is 0 Å². The molecule has 0 bridgehead atoms. The molecule has 20 N–H and O–H groups in total. The Kier molecular flexibility index (Phi) is 28.6. The molecule has 92 heavy (non-hydrogen) atoms. The van der Waals surface area contributed by atoms with E-state index in [0.29, 0.717) is 39.0 Å². The number of fused-ring (bicyclic) bond motifs is 1. The van der Waals surface area contributed by atoms with E-state index in [4.69, 9.17) is 17.2 Å². The van der Waals surface area contributed by atoms with E-state index in [0.717, 1.165) is 0 Å². The summed E-state index contributed by atoms with van der Waals surface area (Å²) in [6.45, 7) is 4.45. The van der Waals surface area contributed by atoms with Crippen LogP contribution in [-0.4, -0.2) is 182 Å². The van der Waals surface area contributed by atoms with Gasteiger partial charge in [-0.2, -0.15) is 11.8 Å². The summed E-state index contributed by atoms with van der Waals surface area (Å²) in [5.41, 5.74) is 20.0. The molecule has 0 aliphatic rings. The Morgan fingerprint density at radius 2 is 1.11 bits per heavy atom. The molecule has 0 saturated heterocycles. The van der Waals surface area contributed by atoms with Crippen LogP contribution in [0.2, 0.25) is 0 Å². The summed E-state index contributed by atoms with van der Waals surface area (Å²) in [6.07, 6.45) is 3.73. The minimum Gasteiger partial charge on any atom is -0.508 e. The molecule has 31 heteroatoms. The van der Waals surface area contributed by atoms with Crippen LogP contribution in [-0.2, 0) is 83.2 Å². The SMILES string of the molecule is CSCC[C@H](NC(=O)[C@H](Cc1ccccc1)NC(=O)[C@H](Cc1cnc[nH]1)NC(=O)CNC(=O)[C@@H](NC(=O)[C@H](C)NC(=O)[C@H](Cc1c[nH]c2ccccc12)NC(=O)[C@H](CC(C)C)NC(=O)[C@H](CC(N)=O)NC(=O)CNC(=O)[C@H](N)Cc1ccc(O)cc1)[C@@H](C)O)C(N)=O. The van der Waals surface area contributed by atoms with Crippen molar-refractivity contribution in [3.63, 3.8) is 0 Å². The molecule has 0 spiro atoms. The number of imidazole rings is 1. The summed E-state index contributed by atoms with van der Waals surface area (Å²) in [5, 5.41) is 46.0. The zero-order valence-corrected chi connectivity index (χ0v) is 52.4. The zero-order chi connectivity index (χ0) is 67.6. The Labute approximate surface area is 534 Å². The number of carbonyl (C=O) groups is 12. The summed E-state index contributed by atoms with van der Waals surface area (Å²) in [5.74, 6) is -10.5. The number of nitrogens with one attached hydrogen (secondary N) is 12. The van der Waals surface area contributed by atoms with Crippen molar-refractivity contribution in [2.75, 3.05) is 25.1 Å². The highest BCUT2D eigenvalue weighted by atomic mass is 32.2. The smallest absolute Gasteiger partial charge is 0.245 e. The Balaban J connectivity index is 1.25. The van der Waals surface area contributed by atoms with Crippen LogP contribution >= 0.6 is 11.8 Å². The number of primary amides is 2. The number of carbonyl (C=O) groups excluding carboxylic acids is 12. The Hall–Kier alpha value is -9.88. The molecule has 496 valence electrons. The number of benzene rings is 3. The zero-order valence-electron chi connectivity index (χ0n) is 51.5. The number of phenols is 1. The lowest BCUT2D eigenvalue weighted by atomic mass is 10.00. The van der Waals surface area contributed by atoms with E-state index in [2.05, 4.69) is 68.1 Å². The van der Waals surface area contributed by atoms with E-state index in [9.17, 15) is 67.7 Å². The molecule has 0 radical (unpaired) electrons. The van der Waals surface area contributed by atoms with Crippen LogP contribution in [0.15, 0.2) is 97.6 Å². The number of nitrogens with zero attached hydrogens (tertiary/aromatic N) is 1. The summed E-state index contributed by atoms with van der Waals surface area (Å²) < 4.78 is 0. The minimum atomic E-state index is -1.74. The molecule has 0 fully saturated rings. The van der Waals surface area contributed by atoms with Crippen molar-refractivity contribution < 1.29 is 67.7 Å². The number of aromatic hydroxyl groups is 1. The average molecular weight is 1300 g/mol. The summed E-state index contributed by atoms with van der Waals surface area (Å²) >= 11 is 1.44. The Morgan fingerprint density at radius 3 is 1.71 bits per heavy atom. The van der Waals surface area contributed by atoms with Crippen molar-refractivity contribution in [1.82, 2.24) is 68.1 Å². The molecular weight excluding hydrogens is 1210 g/mol. The minimum absolute atomic E-state index is 0.0118. The van der Waals surface area contributed by atoms with Gasteiger partial charge in [-0.1, -0.05) is 74.5 Å². The second-order valence-corrected chi connectivity index (χ2v) is 23.4. The molecule has 0 aliphatic carbocycles. The highest BCUT2D eigenvalue weighted by Gasteiger charge is 2.35. The van der Waals surface area contributed by atoms with Crippen molar-refractivity contribution >= 4 is 93.6 Å². The molecule has 3 aromatic carbocycles. The van der Waals surface area contributed by atoms with Crippen molar-refractivity contribution in [2.24, 2.45) is 23.1 Å². The molecule has 5 aromatic rings. The molecule has 0 unspecified atom stereocenters. The number of aliphatic hydroxyl groups is 1. The van der Waals surface area contributed by atoms with Crippen LogP contribution in [0.4, 0.5) is 0 Å². The summed E-state index contributed by atoms with van der Waals surface area (Å²) in [7, 11) is 0. The van der Waals surface area contributed by atoms with Gasteiger partial charge in [-0.15, -0.1) is 0 Å². The fourth-order valence-electron chi connectivity index (χ4n) is 9.45. The van der Waals surface area contributed by atoms with Gasteiger partial charge in [0.05, 0.1) is 38.0 Å². The van der Waals surface area contributed by atoms with Gasteiger partial charge in [-0.05, 0) is 85.9 Å². The molecule has 2 heterocycles. The number of amides is 12. The highest BCUT2D eigenvalue weighted by molar-refractivity contribution is 7.98. The number of aliphatic hydroxyl groups excluding tert-OH is 1. The number of rotatable bonds is 37. The maximum atomic E-state index is 14.4. The van der Waals surface area contributed by atoms with Crippen molar-refractivity contribution in [3.8, 4) is 5.75 Å². The van der Waals surface area contributed by atoms with Gasteiger partial charge in [-0.25, -0.2) is 4.98 Å². The molecule has 5 rings (SSSR count). The van der Waals surface area contributed by atoms with Gasteiger partial charge in [-0.3, -0.25) is 57.5 Å². The van der Waals surface area contributed by atoms with E-state index in [1.807, 2.05) is 6.26 Å². The lowest BCUT2D eigenvalue weighted by Crippen LogP contribution is -2.60. The van der Waals surface area contributed by atoms with Crippen LogP contribution in [0.25, 0.3) is 10.9 Å². The molecule has 0 aliphatic heterocycles. The van der Waals surface area contributed by atoms with Gasteiger partial charge in [0.1, 0.15) is 54.1 Å². The number of thioether (sulfide) groups is 1. The van der Waals surface area contributed by atoms with Gasteiger partial charge in [0.15, 0.2) is 0 Å². The van der Waals surface area contributed by atoms with Crippen LogP contribution in [0, 0.1) is 5.92 Å². The van der Waals surface area contributed by atoms with Crippen LogP contribution in [0.5, 0.6) is 5.75 Å². The van der Waals surface area contributed by atoms with Gasteiger partial charge >= 0.3 is 0 Å². The third-order valence-electron chi connectivity index (χ3n) is 14.3. The number of para-hydroxylation sites is 1. The number of hydrogen-bond acceptors (Lipinski definition) is 17. The number of H-pyrrole nitrogens is 2. The maximum absolute atomic E-state index is 14.4. The van der Waals surface area contributed by atoms with E-state index in [1.165, 1.54) is 50.3 Å². The summed E-state index contributed by atoms with van der Waals surface area (Å²) in [4.78, 5) is 172.